The maximum atomic E-state index is 13.3. The molecule has 1 aliphatic heterocycles. The molecule has 0 atom stereocenters. The van der Waals surface area contributed by atoms with Crippen LogP contribution in [0.3, 0.4) is 0 Å². The summed E-state index contributed by atoms with van der Waals surface area (Å²) in [5.41, 5.74) is 3.34. The molecule has 3 heterocycles. The van der Waals surface area contributed by atoms with Crippen molar-refractivity contribution in [1.82, 2.24) is 19.4 Å². The minimum absolute atomic E-state index is 0.0315. The smallest absolute Gasteiger partial charge is 0.255 e. The van der Waals surface area contributed by atoms with Crippen LogP contribution in [0.15, 0.2) is 42.7 Å². The lowest BCUT2D eigenvalue weighted by atomic mass is 10.2. The summed E-state index contributed by atoms with van der Waals surface area (Å²) in [6.07, 6.45) is 3.47. The zero-order chi connectivity index (χ0) is 21.3. The van der Waals surface area contributed by atoms with E-state index in [2.05, 4.69) is 14.9 Å². The third-order valence-corrected chi connectivity index (χ3v) is 5.68. The highest BCUT2D eigenvalue weighted by Gasteiger charge is 2.26. The van der Waals surface area contributed by atoms with E-state index >= 15 is 0 Å². The first-order valence-corrected chi connectivity index (χ1v) is 10.2. The molecule has 30 heavy (non-hydrogen) atoms. The highest BCUT2D eigenvalue weighted by atomic mass is 35.5. The van der Waals surface area contributed by atoms with Crippen molar-refractivity contribution in [1.29, 1.82) is 0 Å². The number of ether oxygens (including phenoxy) is 1. The number of hydrogen-bond acceptors (Lipinski definition) is 5. The second kappa shape index (κ2) is 8.36. The van der Waals surface area contributed by atoms with Crippen molar-refractivity contribution in [2.45, 2.75) is 13.8 Å². The van der Waals surface area contributed by atoms with Crippen LogP contribution in [0, 0.1) is 13.8 Å². The van der Waals surface area contributed by atoms with Crippen LogP contribution < -0.4 is 9.64 Å². The number of nitrogens with zero attached hydrogens (tertiary/aromatic N) is 5. The van der Waals surface area contributed by atoms with E-state index in [0.717, 1.165) is 17.1 Å². The number of aryl methyl sites for hydroxylation is 1. The van der Waals surface area contributed by atoms with E-state index in [0.29, 0.717) is 48.5 Å². The van der Waals surface area contributed by atoms with Crippen LogP contribution in [0.5, 0.6) is 5.75 Å². The normalized spacial score (nSPS) is 14.1. The van der Waals surface area contributed by atoms with Gasteiger partial charge >= 0.3 is 0 Å². The molecule has 0 unspecified atom stereocenters. The number of carbonyl (C=O) groups excluding carboxylic acids is 1. The number of hydrogen-bond donors (Lipinski definition) is 0. The van der Waals surface area contributed by atoms with Gasteiger partial charge in [0.1, 0.15) is 5.75 Å². The number of carbonyl (C=O) groups is 1. The van der Waals surface area contributed by atoms with E-state index in [1.165, 1.54) is 0 Å². The molecule has 4 rings (SSSR count). The maximum absolute atomic E-state index is 13.3. The number of methoxy groups -OCH3 is 1. The molecule has 1 saturated heterocycles. The molecule has 8 heteroatoms. The number of benzene rings is 1. The first-order chi connectivity index (χ1) is 14.5. The minimum Gasteiger partial charge on any atom is -0.495 e. The minimum atomic E-state index is 0.0315. The molecule has 1 aromatic carbocycles. The van der Waals surface area contributed by atoms with Gasteiger partial charge in [-0.1, -0.05) is 11.6 Å². The van der Waals surface area contributed by atoms with Gasteiger partial charge in [0.25, 0.3) is 5.91 Å². The lowest BCUT2D eigenvalue weighted by Crippen LogP contribution is -2.49. The monoisotopic (exact) mass is 425 g/mol. The number of halogens is 1. The Bertz CT molecular complexity index is 1060. The molecule has 7 nitrogen and oxygen atoms in total. The summed E-state index contributed by atoms with van der Waals surface area (Å²) in [4.78, 5) is 25.9. The Morgan fingerprint density at radius 2 is 1.77 bits per heavy atom. The summed E-state index contributed by atoms with van der Waals surface area (Å²) in [5, 5.41) is 0.616. The topological polar surface area (TPSA) is 63.5 Å². The first-order valence-electron chi connectivity index (χ1n) is 9.83. The summed E-state index contributed by atoms with van der Waals surface area (Å²) >= 11 is 6.22. The summed E-state index contributed by atoms with van der Waals surface area (Å²) in [7, 11) is 1.63. The van der Waals surface area contributed by atoms with Crippen LogP contribution in [0.25, 0.3) is 5.69 Å². The van der Waals surface area contributed by atoms with E-state index in [1.54, 1.807) is 31.6 Å². The van der Waals surface area contributed by atoms with Crippen LogP contribution in [0.2, 0.25) is 5.02 Å². The van der Waals surface area contributed by atoms with Gasteiger partial charge in [-0.25, -0.2) is 9.97 Å². The molecule has 0 N–H and O–H groups in total. The average molecular weight is 426 g/mol. The van der Waals surface area contributed by atoms with Crippen molar-refractivity contribution in [2.24, 2.45) is 0 Å². The molecule has 0 spiro atoms. The quantitative estimate of drug-likeness (QED) is 0.640. The number of aromatic nitrogens is 3. The number of amides is 1. The van der Waals surface area contributed by atoms with Gasteiger partial charge in [-0.15, -0.1) is 0 Å². The van der Waals surface area contributed by atoms with E-state index in [4.69, 9.17) is 16.3 Å². The average Bonchev–Trinajstić information content (AvgIpc) is 3.07. The first kappa shape index (κ1) is 20.2. The van der Waals surface area contributed by atoms with E-state index in [1.807, 2.05) is 41.5 Å². The molecule has 1 aliphatic rings. The van der Waals surface area contributed by atoms with E-state index < -0.39 is 0 Å². The molecule has 1 fully saturated rings. The number of piperazine rings is 1. The molecule has 0 aliphatic carbocycles. The molecule has 0 radical (unpaired) electrons. The van der Waals surface area contributed by atoms with Crippen molar-refractivity contribution in [2.75, 3.05) is 38.2 Å². The van der Waals surface area contributed by atoms with Crippen molar-refractivity contribution < 1.29 is 9.53 Å². The zero-order valence-corrected chi connectivity index (χ0v) is 18.1. The molecule has 1 amide bonds. The van der Waals surface area contributed by atoms with Gasteiger partial charge in [0.05, 0.1) is 18.4 Å². The van der Waals surface area contributed by atoms with Crippen LogP contribution in [0.1, 0.15) is 21.7 Å². The highest BCUT2D eigenvalue weighted by molar-refractivity contribution is 6.30. The standard InChI is InChI=1S/C22H24ClN5O2/c1-15-13-18(16(2)28(15)19-14-17(23)5-6-20(19)30-3)21(29)26-9-11-27(12-10-26)22-24-7-4-8-25-22/h4-8,13-14H,9-12H2,1-3H3. The predicted molar refractivity (Wildman–Crippen MR) is 117 cm³/mol. The van der Waals surface area contributed by atoms with Crippen LogP contribution in [0.4, 0.5) is 5.95 Å². The van der Waals surface area contributed by atoms with Gasteiger partial charge in [-0.2, -0.15) is 0 Å². The Morgan fingerprint density at radius 1 is 1.07 bits per heavy atom. The molecule has 156 valence electrons. The zero-order valence-electron chi connectivity index (χ0n) is 17.3. The largest absolute Gasteiger partial charge is 0.495 e. The van der Waals surface area contributed by atoms with Crippen molar-refractivity contribution in [3.63, 3.8) is 0 Å². The van der Waals surface area contributed by atoms with E-state index in [-0.39, 0.29) is 5.91 Å². The fraction of sp³-hybridized carbons (Fsp3) is 0.318. The SMILES string of the molecule is COc1ccc(Cl)cc1-n1c(C)cc(C(=O)N2CCN(c3ncccn3)CC2)c1C. The number of rotatable bonds is 4. The van der Waals surface area contributed by atoms with E-state index in [9.17, 15) is 4.79 Å². The van der Waals surface area contributed by atoms with Gasteiger partial charge in [0.2, 0.25) is 5.95 Å². The van der Waals surface area contributed by atoms with Crippen LogP contribution in [-0.4, -0.2) is 58.6 Å². The molecule has 3 aromatic rings. The molecule has 2 aromatic heterocycles. The Morgan fingerprint density at radius 3 is 2.43 bits per heavy atom. The predicted octanol–water partition coefficient (Wildman–Crippen LogP) is 3.51. The fourth-order valence-electron chi connectivity index (χ4n) is 3.92. The van der Waals surface area contributed by atoms with Gasteiger partial charge in [-0.05, 0) is 44.2 Å². The van der Waals surface area contributed by atoms with Crippen molar-refractivity contribution in [3.8, 4) is 11.4 Å². The third-order valence-electron chi connectivity index (χ3n) is 5.45. The molecular formula is C22H24ClN5O2. The molecular weight excluding hydrogens is 402 g/mol. The Hall–Kier alpha value is -3.06. The lowest BCUT2D eigenvalue weighted by molar-refractivity contribution is 0.0745. The van der Waals surface area contributed by atoms with Gasteiger partial charge in [0, 0.05) is 55.0 Å². The molecule has 0 bridgehead atoms. The highest BCUT2D eigenvalue weighted by Crippen LogP contribution is 2.31. The van der Waals surface area contributed by atoms with Crippen LogP contribution >= 0.6 is 11.6 Å². The second-order valence-corrected chi connectivity index (χ2v) is 7.70. The van der Waals surface area contributed by atoms with Crippen molar-refractivity contribution >= 4 is 23.5 Å². The van der Waals surface area contributed by atoms with Crippen molar-refractivity contribution in [3.05, 3.63) is 64.7 Å². The summed E-state index contributed by atoms with van der Waals surface area (Å²) in [5.74, 6) is 1.44. The lowest BCUT2D eigenvalue weighted by Gasteiger charge is -2.34. The third kappa shape index (κ3) is 3.73. The second-order valence-electron chi connectivity index (χ2n) is 7.26. The Kier molecular flexibility index (Phi) is 5.63. The van der Waals surface area contributed by atoms with Gasteiger partial charge < -0.3 is 19.1 Å². The Balaban J connectivity index is 1.57. The summed E-state index contributed by atoms with van der Waals surface area (Å²) in [6.45, 7) is 6.60. The Labute approximate surface area is 180 Å². The van der Waals surface area contributed by atoms with Crippen LogP contribution in [-0.2, 0) is 0 Å². The summed E-state index contributed by atoms with van der Waals surface area (Å²) < 4.78 is 7.53. The number of anilines is 1. The van der Waals surface area contributed by atoms with Gasteiger partial charge in [-0.3, -0.25) is 4.79 Å². The fourth-order valence-corrected chi connectivity index (χ4v) is 4.09. The maximum Gasteiger partial charge on any atom is 0.255 e. The summed E-state index contributed by atoms with van der Waals surface area (Å²) in [6, 6.07) is 9.22. The van der Waals surface area contributed by atoms with Gasteiger partial charge in [0.15, 0.2) is 0 Å². The molecule has 0 saturated carbocycles.